The molecule has 0 amide bonds. The van der Waals surface area contributed by atoms with Crippen LogP contribution in [0.4, 0.5) is 0 Å². The highest BCUT2D eigenvalue weighted by molar-refractivity contribution is 7.80. The lowest BCUT2D eigenvalue weighted by atomic mass is 9.91. The van der Waals surface area contributed by atoms with Crippen molar-refractivity contribution in [2.75, 3.05) is 0 Å². The van der Waals surface area contributed by atoms with E-state index in [0.29, 0.717) is 17.2 Å². The molecule has 0 atom stereocenters. The molecule has 5 heteroatoms. The quantitative estimate of drug-likeness (QED) is 0.607. The van der Waals surface area contributed by atoms with E-state index in [2.05, 4.69) is 38.9 Å². The van der Waals surface area contributed by atoms with Crippen molar-refractivity contribution in [3.05, 3.63) is 59.7 Å². The predicted octanol–water partition coefficient (Wildman–Crippen LogP) is 5.26. The fourth-order valence-corrected chi connectivity index (χ4v) is 3.28. The van der Waals surface area contributed by atoms with E-state index in [4.69, 9.17) is 18.0 Å². The molecule has 4 nitrogen and oxygen atoms in total. The summed E-state index contributed by atoms with van der Waals surface area (Å²) >= 11 is 5.22. The molecule has 0 aliphatic carbocycles. The summed E-state index contributed by atoms with van der Waals surface area (Å²) in [6, 6.07) is 15.9. The summed E-state index contributed by atoms with van der Waals surface area (Å²) in [6.07, 6.45) is 0. The summed E-state index contributed by atoms with van der Waals surface area (Å²) in [6.45, 7) is 8.42. The summed E-state index contributed by atoms with van der Waals surface area (Å²) in [5, 5.41) is 15.7. The van der Waals surface area contributed by atoms with Gasteiger partial charge in [0.05, 0.1) is 11.4 Å². The van der Waals surface area contributed by atoms with Crippen molar-refractivity contribution in [3.8, 4) is 28.3 Å². The molecule has 0 aliphatic heterocycles. The van der Waals surface area contributed by atoms with Crippen molar-refractivity contribution < 1.29 is 5.11 Å². The molecule has 0 bridgehead atoms. The second kappa shape index (κ2) is 7.53. The highest BCUT2D eigenvalue weighted by Gasteiger charge is 2.20. The highest BCUT2D eigenvalue weighted by Crippen LogP contribution is 2.39. The van der Waals surface area contributed by atoms with Crippen LogP contribution in [0.5, 0.6) is 5.75 Å². The lowest BCUT2D eigenvalue weighted by molar-refractivity contribution is 0.466. The maximum Gasteiger partial charge on any atom is 0.191 e. The van der Waals surface area contributed by atoms with E-state index in [1.54, 1.807) is 0 Å². The molecule has 0 saturated carbocycles. The molecule has 0 radical (unpaired) electrons. The summed E-state index contributed by atoms with van der Waals surface area (Å²) < 4.78 is 1.53. The second-order valence-electron chi connectivity index (χ2n) is 7.35. The Hall–Kier alpha value is -2.66. The van der Waals surface area contributed by atoms with Crippen LogP contribution in [0.15, 0.2) is 48.5 Å². The third-order valence-corrected chi connectivity index (χ3v) is 4.89. The molecule has 0 saturated heterocycles. The van der Waals surface area contributed by atoms with Gasteiger partial charge in [-0.25, -0.2) is 4.68 Å². The number of benzene rings is 2. The number of nitrogens with two attached hydrogens (primary N) is 1. The molecule has 0 unspecified atom stereocenters. The number of thiocarbonyl (C=S) groups is 1. The van der Waals surface area contributed by atoms with Gasteiger partial charge in [0.2, 0.25) is 0 Å². The molecular weight excluding hydrogens is 354 g/mol. The molecule has 140 valence electrons. The molecule has 27 heavy (non-hydrogen) atoms. The third-order valence-electron chi connectivity index (χ3n) is 4.71. The van der Waals surface area contributed by atoms with E-state index in [0.717, 1.165) is 22.4 Å². The van der Waals surface area contributed by atoms with Crippen LogP contribution in [0.25, 0.3) is 22.5 Å². The van der Waals surface area contributed by atoms with Gasteiger partial charge in [0.15, 0.2) is 5.11 Å². The molecule has 0 spiro atoms. The Bertz CT molecular complexity index is 975. The maximum atomic E-state index is 11.0. The van der Waals surface area contributed by atoms with Gasteiger partial charge in [-0.05, 0) is 47.3 Å². The van der Waals surface area contributed by atoms with Crippen LogP contribution in [0.2, 0.25) is 0 Å². The van der Waals surface area contributed by atoms with Gasteiger partial charge in [0.25, 0.3) is 0 Å². The van der Waals surface area contributed by atoms with Gasteiger partial charge in [-0.15, -0.1) is 0 Å². The average Bonchev–Trinajstić information content (AvgIpc) is 3.07. The number of aromatic nitrogens is 2. The summed E-state index contributed by atoms with van der Waals surface area (Å²) in [5.74, 6) is 0.778. The summed E-state index contributed by atoms with van der Waals surface area (Å²) in [5.41, 5.74) is 11.1. The zero-order valence-electron chi connectivity index (χ0n) is 16.1. The second-order valence-corrected chi connectivity index (χ2v) is 7.76. The first-order chi connectivity index (χ1) is 12.8. The Kier molecular flexibility index (Phi) is 5.33. The van der Waals surface area contributed by atoms with E-state index in [1.165, 1.54) is 4.68 Å². The van der Waals surface area contributed by atoms with Gasteiger partial charge >= 0.3 is 0 Å². The first-order valence-electron chi connectivity index (χ1n) is 9.12. The van der Waals surface area contributed by atoms with Crippen molar-refractivity contribution in [2.45, 2.75) is 39.5 Å². The molecule has 0 aliphatic rings. The zero-order valence-corrected chi connectivity index (χ0v) is 16.9. The van der Waals surface area contributed by atoms with Crippen LogP contribution < -0.4 is 5.73 Å². The largest absolute Gasteiger partial charge is 0.507 e. The highest BCUT2D eigenvalue weighted by atomic mass is 32.1. The Morgan fingerprint density at radius 3 is 2.26 bits per heavy atom. The predicted molar refractivity (Wildman–Crippen MR) is 115 cm³/mol. The van der Waals surface area contributed by atoms with Crippen molar-refractivity contribution in [2.24, 2.45) is 5.73 Å². The Labute approximate surface area is 165 Å². The fraction of sp³-hybridized carbons (Fsp3) is 0.273. The molecule has 2 aromatic carbocycles. The average molecular weight is 380 g/mol. The smallest absolute Gasteiger partial charge is 0.191 e. The number of rotatable bonds is 4. The lowest BCUT2D eigenvalue weighted by Crippen LogP contribution is -2.21. The van der Waals surface area contributed by atoms with E-state index in [1.807, 2.05) is 42.5 Å². The van der Waals surface area contributed by atoms with Gasteiger partial charge in [-0.1, -0.05) is 64.1 Å². The van der Waals surface area contributed by atoms with E-state index in [-0.39, 0.29) is 16.8 Å². The minimum atomic E-state index is 0.146. The minimum absolute atomic E-state index is 0.146. The summed E-state index contributed by atoms with van der Waals surface area (Å²) in [7, 11) is 0. The standard InChI is InChI=1S/C22H25N3OS/c1-13(2)16-10-17(14(3)4)21(26)18(11-16)20-12-19(24-25(20)22(23)27)15-8-6-5-7-9-15/h5-14,26H,1-4H3,(H2,23,27). The zero-order chi connectivity index (χ0) is 19.7. The molecule has 1 heterocycles. The van der Waals surface area contributed by atoms with Crippen LogP contribution >= 0.6 is 12.2 Å². The number of phenols is 1. The van der Waals surface area contributed by atoms with Crippen molar-refractivity contribution in [1.82, 2.24) is 9.78 Å². The Morgan fingerprint density at radius 1 is 1.04 bits per heavy atom. The fourth-order valence-electron chi connectivity index (χ4n) is 3.14. The lowest BCUT2D eigenvalue weighted by Gasteiger charge is -2.17. The number of phenolic OH excluding ortho intramolecular Hbond substituents is 1. The van der Waals surface area contributed by atoms with Crippen LogP contribution in [0, 0.1) is 0 Å². The topological polar surface area (TPSA) is 64.1 Å². The first-order valence-corrected chi connectivity index (χ1v) is 9.52. The molecule has 3 rings (SSSR count). The maximum absolute atomic E-state index is 11.0. The monoisotopic (exact) mass is 379 g/mol. The normalized spacial score (nSPS) is 11.3. The van der Waals surface area contributed by atoms with Crippen molar-refractivity contribution in [1.29, 1.82) is 0 Å². The first kappa shape index (κ1) is 19.1. The SMILES string of the molecule is CC(C)c1cc(-c2cc(-c3ccccc3)nn2C(N)=S)c(O)c(C(C)C)c1. The van der Waals surface area contributed by atoms with Crippen LogP contribution in [-0.2, 0) is 0 Å². The van der Waals surface area contributed by atoms with Gasteiger partial charge in [-0.3, -0.25) is 0 Å². The van der Waals surface area contributed by atoms with Gasteiger partial charge < -0.3 is 10.8 Å². The minimum Gasteiger partial charge on any atom is -0.507 e. The Morgan fingerprint density at radius 2 is 1.70 bits per heavy atom. The number of hydrogen-bond donors (Lipinski definition) is 2. The molecule has 0 fully saturated rings. The molecule has 1 aromatic heterocycles. The molecular formula is C22H25N3OS. The van der Waals surface area contributed by atoms with E-state index < -0.39 is 0 Å². The number of hydrogen-bond acceptors (Lipinski definition) is 3. The molecule has 3 N–H and O–H groups in total. The molecule has 3 aromatic rings. The van der Waals surface area contributed by atoms with Crippen LogP contribution in [-0.4, -0.2) is 20.0 Å². The van der Waals surface area contributed by atoms with E-state index in [9.17, 15) is 5.11 Å². The van der Waals surface area contributed by atoms with E-state index >= 15 is 0 Å². The van der Waals surface area contributed by atoms with Crippen molar-refractivity contribution >= 4 is 17.3 Å². The van der Waals surface area contributed by atoms with Gasteiger partial charge in [0, 0.05) is 11.1 Å². The van der Waals surface area contributed by atoms with Crippen LogP contribution in [0.1, 0.15) is 50.7 Å². The van der Waals surface area contributed by atoms with Crippen molar-refractivity contribution in [3.63, 3.8) is 0 Å². The van der Waals surface area contributed by atoms with Gasteiger partial charge in [-0.2, -0.15) is 5.10 Å². The third kappa shape index (κ3) is 3.74. The number of nitrogens with zero attached hydrogens (tertiary/aromatic N) is 2. The number of aromatic hydroxyl groups is 1. The Balaban J connectivity index is 2.27. The summed E-state index contributed by atoms with van der Waals surface area (Å²) in [4.78, 5) is 0. The van der Waals surface area contributed by atoms with Gasteiger partial charge in [0.1, 0.15) is 5.75 Å². The van der Waals surface area contributed by atoms with Crippen LogP contribution in [0.3, 0.4) is 0 Å².